The van der Waals surface area contributed by atoms with Gasteiger partial charge in [-0.2, -0.15) is 0 Å². The van der Waals surface area contributed by atoms with Crippen molar-refractivity contribution in [2.24, 2.45) is 0 Å². The molecule has 1 aliphatic heterocycles. The van der Waals surface area contributed by atoms with Crippen LogP contribution in [-0.4, -0.2) is 56.8 Å². The SMILES string of the molecule is CCOC(=O)c1cn(C[C@@H]2CCCN2C(=O)OC(C)(C)C)nn1. The van der Waals surface area contributed by atoms with E-state index in [0.717, 1.165) is 12.8 Å². The molecule has 128 valence electrons. The monoisotopic (exact) mass is 324 g/mol. The third-order valence-electron chi connectivity index (χ3n) is 3.43. The van der Waals surface area contributed by atoms with Crippen molar-refractivity contribution in [3.8, 4) is 0 Å². The summed E-state index contributed by atoms with van der Waals surface area (Å²) in [5.74, 6) is -0.492. The highest BCUT2D eigenvalue weighted by Gasteiger charge is 2.32. The van der Waals surface area contributed by atoms with Gasteiger partial charge >= 0.3 is 12.1 Å². The molecule has 2 rings (SSSR count). The average molecular weight is 324 g/mol. The van der Waals surface area contributed by atoms with Crippen LogP contribution in [0.3, 0.4) is 0 Å². The van der Waals surface area contributed by atoms with E-state index in [1.165, 1.54) is 0 Å². The molecule has 1 aliphatic rings. The number of amides is 1. The number of carbonyl (C=O) groups is 2. The van der Waals surface area contributed by atoms with Crippen LogP contribution in [0, 0.1) is 0 Å². The van der Waals surface area contributed by atoms with E-state index in [9.17, 15) is 9.59 Å². The van der Waals surface area contributed by atoms with Crippen molar-refractivity contribution in [3.05, 3.63) is 11.9 Å². The van der Waals surface area contributed by atoms with Crippen LogP contribution in [0.1, 0.15) is 51.0 Å². The third-order valence-corrected chi connectivity index (χ3v) is 3.43. The van der Waals surface area contributed by atoms with Gasteiger partial charge in [0, 0.05) is 6.54 Å². The Hall–Kier alpha value is -2.12. The van der Waals surface area contributed by atoms with E-state index < -0.39 is 11.6 Å². The van der Waals surface area contributed by atoms with E-state index in [4.69, 9.17) is 9.47 Å². The fraction of sp³-hybridized carbons (Fsp3) is 0.733. The number of hydrogen-bond acceptors (Lipinski definition) is 6. The Morgan fingerprint density at radius 3 is 2.78 bits per heavy atom. The molecule has 0 aromatic carbocycles. The number of likely N-dealkylation sites (tertiary alicyclic amines) is 1. The maximum Gasteiger partial charge on any atom is 0.410 e. The summed E-state index contributed by atoms with van der Waals surface area (Å²) in [6, 6.07) is -0.0124. The summed E-state index contributed by atoms with van der Waals surface area (Å²) in [4.78, 5) is 25.6. The van der Waals surface area contributed by atoms with Gasteiger partial charge in [0.1, 0.15) is 5.60 Å². The topological polar surface area (TPSA) is 86.5 Å². The van der Waals surface area contributed by atoms with Crippen LogP contribution in [0.4, 0.5) is 4.79 Å². The Labute approximate surface area is 135 Å². The number of aromatic nitrogens is 3. The molecule has 0 saturated carbocycles. The summed E-state index contributed by atoms with van der Waals surface area (Å²) < 4.78 is 11.9. The Morgan fingerprint density at radius 2 is 2.13 bits per heavy atom. The second-order valence-corrected chi connectivity index (χ2v) is 6.52. The lowest BCUT2D eigenvalue weighted by atomic mass is 10.2. The van der Waals surface area contributed by atoms with Crippen molar-refractivity contribution in [2.45, 2.75) is 58.7 Å². The first kappa shape index (κ1) is 17.2. The molecule has 1 saturated heterocycles. The normalized spacial score (nSPS) is 18.1. The van der Waals surface area contributed by atoms with Crippen LogP contribution < -0.4 is 0 Å². The summed E-state index contributed by atoms with van der Waals surface area (Å²) in [5.41, 5.74) is -0.345. The summed E-state index contributed by atoms with van der Waals surface area (Å²) in [7, 11) is 0. The fourth-order valence-electron chi connectivity index (χ4n) is 2.49. The maximum absolute atomic E-state index is 12.2. The Kier molecular flexibility index (Phi) is 5.23. The van der Waals surface area contributed by atoms with Crippen molar-refractivity contribution in [3.63, 3.8) is 0 Å². The minimum absolute atomic E-state index is 0.0124. The summed E-state index contributed by atoms with van der Waals surface area (Å²) in [5, 5.41) is 7.75. The van der Waals surface area contributed by atoms with Crippen molar-refractivity contribution in [1.29, 1.82) is 0 Å². The number of ether oxygens (including phenoxy) is 2. The van der Waals surface area contributed by atoms with Gasteiger partial charge in [-0.1, -0.05) is 5.21 Å². The minimum Gasteiger partial charge on any atom is -0.461 e. The molecule has 1 fully saturated rings. The van der Waals surface area contributed by atoms with E-state index >= 15 is 0 Å². The third kappa shape index (κ3) is 4.67. The molecule has 0 N–H and O–H groups in total. The standard InChI is InChI=1S/C15H24N4O4/c1-5-22-13(20)12-10-18(17-16-12)9-11-7-6-8-19(11)14(21)23-15(2,3)4/h10-11H,5-9H2,1-4H3/t11-/m0/s1. The fourth-order valence-corrected chi connectivity index (χ4v) is 2.49. The maximum atomic E-state index is 12.2. The Balaban J connectivity index is 1.99. The van der Waals surface area contributed by atoms with E-state index in [1.54, 1.807) is 22.7 Å². The predicted molar refractivity (Wildman–Crippen MR) is 81.9 cm³/mol. The zero-order valence-electron chi connectivity index (χ0n) is 14.1. The van der Waals surface area contributed by atoms with Crippen LogP contribution in [0.2, 0.25) is 0 Å². The average Bonchev–Trinajstić information content (AvgIpc) is 3.06. The van der Waals surface area contributed by atoms with Crippen molar-refractivity contribution in [2.75, 3.05) is 13.2 Å². The van der Waals surface area contributed by atoms with Crippen molar-refractivity contribution >= 4 is 12.1 Å². The lowest BCUT2D eigenvalue weighted by Crippen LogP contribution is -2.41. The van der Waals surface area contributed by atoms with Crippen LogP contribution in [0.5, 0.6) is 0 Å². The molecule has 0 bridgehead atoms. The van der Waals surface area contributed by atoms with E-state index in [-0.39, 0.29) is 17.8 Å². The lowest BCUT2D eigenvalue weighted by Gasteiger charge is -2.28. The van der Waals surface area contributed by atoms with E-state index in [0.29, 0.717) is 19.7 Å². The second-order valence-electron chi connectivity index (χ2n) is 6.52. The molecule has 2 heterocycles. The summed E-state index contributed by atoms with van der Waals surface area (Å²) in [6.45, 7) is 8.71. The van der Waals surface area contributed by atoms with Crippen molar-refractivity contribution < 1.29 is 19.1 Å². The molecule has 0 radical (unpaired) electrons. The summed E-state index contributed by atoms with van der Waals surface area (Å²) >= 11 is 0. The highest BCUT2D eigenvalue weighted by atomic mass is 16.6. The molecular formula is C15H24N4O4. The first-order chi connectivity index (χ1) is 10.8. The second kappa shape index (κ2) is 6.97. The van der Waals surface area contributed by atoms with Gasteiger partial charge in [0.25, 0.3) is 0 Å². The molecule has 0 unspecified atom stereocenters. The number of hydrogen-bond donors (Lipinski definition) is 0. The van der Waals surface area contributed by atoms with Gasteiger partial charge < -0.3 is 14.4 Å². The van der Waals surface area contributed by atoms with Crippen molar-refractivity contribution in [1.82, 2.24) is 19.9 Å². The van der Waals surface area contributed by atoms with Crippen LogP contribution in [-0.2, 0) is 16.0 Å². The van der Waals surface area contributed by atoms with Gasteiger partial charge in [-0.15, -0.1) is 5.10 Å². The molecule has 1 amide bonds. The first-order valence-corrected chi connectivity index (χ1v) is 7.87. The van der Waals surface area contributed by atoms with Crippen LogP contribution in [0.25, 0.3) is 0 Å². The minimum atomic E-state index is -0.519. The van der Waals surface area contributed by atoms with Gasteiger partial charge in [-0.3, -0.25) is 0 Å². The number of carbonyl (C=O) groups excluding carboxylic acids is 2. The molecule has 1 aromatic rings. The van der Waals surface area contributed by atoms with Gasteiger partial charge in [0.2, 0.25) is 0 Å². The molecule has 1 aromatic heterocycles. The zero-order chi connectivity index (χ0) is 17.0. The van der Waals surface area contributed by atoms with E-state index in [2.05, 4.69) is 10.3 Å². The van der Waals surface area contributed by atoms with Gasteiger partial charge in [0.15, 0.2) is 5.69 Å². The highest BCUT2D eigenvalue weighted by Crippen LogP contribution is 2.22. The zero-order valence-corrected chi connectivity index (χ0v) is 14.1. The smallest absolute Gasteiger partial charge is 0.410 e. The Morgan fingerprint density at radius 1 is 1.39 bits per heavy atom. The molecule has 8 nitrogen and oxygen atoms in total. The quantitative estimate of drug-likeness (QED) is 0.786. The van der Waals surface area contributed by atoms with Crippen LogP contribution >= 0.6 is 0 Å². The predicted octanol–water partition coefficient (Wildman–Crippen LogP) is 1.85. The first-order valence-electron chi connectivity index (χ1n) is 7.87. The largest absolute Gasteiger partial charge is 0.461 e. The van der Waals surface area contributed by atoms with Crippen LogP contribution in [0.15, 0.2) is 6.20 Å². The molecular weight excluding hydrogens is 300 g/mol. The molecule has 1 atom stereocenters. The van der Waals surface area contributed by atoms with E-state index in [1.807, 2.05) is 20.8 Å². The highest BCUT2D eigenvalue weighted by molar-refractivity contribution is 5.86. The number of esters is 1. The van der Waals surface area contributed by atoms with Gasteiger partial charge in [-0.05, 0) is 40.5 Å². The lowest BCUT2D eigenvalue weighted by molar-refractivity contribution is 0.0211. The Bertz CT molecular complexity index is 564. The molecule has 0 aliphatic carbocycles. The van der Waals surface area contributed by atoms with Gasteiger partial charge in [-0.25, -0.2) is 14.3 Å². The molecule has 23 heavy (non-hydrogen) atoms. The van der Waals surface area contributed by atoms with Gasteiger partial charge in [0.05, 0.1) is 25.4 Å². The number of nitrogens with zero attached hydrogens (tertiary/aromatic N) is 4. The molecule has 0 spiro atoms. The summed E-state index contributed by atoms with van der Waals surface area (Å²) in [6.07, 6.45) is 3.02. The number of rotatable bonds is 4. The molecule has 8 heteroatoms.